The van der Waals surface area contributed by atoms with E-state index >= 15 is 0 Å². The highest BCUT2D eigenvalue weighted by atomic mass is 19.1. The van der Waals surface area contributed by atoms with Gasteiger partial charge in [0, 0.05) is 18.3 Å². The van der Waals surface area contributed by atoms with Gasteiger partial charge in [-0.15, -0.1) is 0 Å². The first-order valence-corrected chi connectivity index (χ1v) is 5.59. The third kappa shape index (κ3) is 2.84. The van der Waals surface area contributed by atoms with E-state index < -0.39 is 0 Å². The van der Waals surface area contributed by atoms with E-state index in [1.807, 2.05) is 24.7 Å². The Morgan fingerprint density at radius 1 is 1.41 bits per heavy atom. The topological polar surface area (TPSA) is 27.1 Å². The molecule has 0 bridgehead atoms. The Kier molecular flexibility index (Phi) is 3.42. The van der Waals surface area contributed by atoms with Gasteiger partial charge in [0.05, 0.1) is 6.20 Å². The fourth-order valence-corrected chi connectivity index (χ4v) is 1.54. The molecule has 0 N–H and O–H groups in total. The number of hydrogen-bond acceptors (Lipinski definition) is 2. The first-order chi connectivity index (χ1) is 8.19. The van der Waals surface area contributed by atoms with Gasteiger partial charge in [-0.3, -0.25) is 4.68 Å². The molecular weight excluding hydrogens is 219 g/mol. The molecule has 0 aliphatic carbocycles. The number of aromatic nitrogens is 2. The van der Waals surface area contributed by atoms with E-state index in [9.17, 15) is 4.39 Å². The van der Waals surface area contributed by atoms with Crippen LogP contribution >= 0.6 is 0 Å². The quantitative estimate of drug-likeness (QED) is 0.813. The van der Waals surface area contributed by atoms with E-state index in [1.54, 1.807) is 18.3 Å². The molecule has 1 aromatic carbocycles. The van der Waals surface area contributed by atoms with Crippen molar-refractivity contribution >= 4 is 0 Å². The van der Waals surface area contributed by atoms with Crippen molar-refractivity contribution in [3.8, 4) is 5.75 Å². The molecule has 2 rings (SSSR count). The molecule has 3 nitrogen and oxygen atoms in total. The zero-order chi connectivity index (χ0) is 12.3. The Morgan fingerprint density at radius 2 is 2.24 bits per heavy atom. The maximum atomic E-state index is 13.4. The molecular formula is C13H15FN2O. The first-order valence-electron chi connectivity index (χ1n) is 5.59. The molecule has 0 spiro atoms. The van der Waals surface area contributed by atoms with Gasteiger partial charge in [-0.1, -0.05) is 6.07 Å². The van der Waals surface area contributed by atoms with Crippen molar-refractivity contribution in [3.05, 3.63) is 47.5 Å². The van der Waals surface area contributed by atoms with Crippen LogP contribution in [0.2, 0.25) is 0 Å². The van der Waals surface area contributed by atoms with Gasteiger partial charge in [-0.05, 0) is 31.5 Å². The largest absolute Gasteiger partial charge is 0.486 e. The summed E-state index contributed by atoms with van der Waals surface area (Å²) in [4.78, 5) is 0. The van der Waals surface area contributed by atoms with Gasteiger partial charge in [-0.25, -0.2) is 4.39 Å². The summed E-state index contributed by atoms with van der Waals surface area (Å²) in [5.74, 6) is -0.0484. The Hall–Kier alpha value is -1.84. The average Bonchev–Trinajstić information content (AvgIpc) is 2.78. The Bertz CT molecular complexity index is 508. The minimum Gasteiger partial charge on any atom is -0.486 e. The summed E-state index contributed by atoms with van der Waals surface area (Å²) in [6.45, 7) is 5.07. The van der Waals surface area contributed by atoms with E-state index in [2.05, 4.69) is 5.10 Å². The molecule has 0 aliphatic rings. The van der Waals surface area contributed by atoms with Crippen LogP contribution in [0, 0.1) is 12.7 Å². The molecule has 1 heterocycles. The predicted molar refractivity (Wildman–Crippen MR) is 63.4 cm³/mol. The van der Waals surface area contributed by atoms with Crippen LogP contribution in [0.1, 0.15) is 18.1 Å². The Labute approximate surface area is 99.8 Å². The van der Waals surface area contributed by atoms with Crippen molar-refractivity contribution in [2.24, 2.45) is 0 Å². The van der Waals surface area contributed by atoms with E-state index in [1.165, 1.54) is 6.07 Å². The maximum absolute atomic E-state index is 13.4. The summed E-state index contributed by atoms with van der Waals surface area (Å²) in [6, 6.07) is 4.83. The van der Waals surface area contributed by atoms with Crippen LogP contribution in [0.4, 0.5) is 4.39 Å². The molecule has 0 amide bonds. The highest BCUT2D eigenvalue weighted by molar-refractivity contribution is 5.29. The van der Waals surface area contributed by atoms with Gasteiger partial charge in [-0.2, -0.15) is 5.10 Å². The molecule has 2 aromatic rings. The van der Waals surface area contributed by atoms with Crippen LogP contribution in [-0.2, 0) is 13.2 Å². The predicted octanol–water partition coefficient (Wildman–Crippen LogP) is 2.93. The lowest BCUT2D eigenvalue weighted by Gasteiger charge is -2.06. The summed E-state index contributed by atoms with van der Waals surface area (Å²) in [5, 5.41) is 4.13. The van der Waals surface area contributed by atoms with Crippen LogP contribution < -0.4 is 4.74 Å². The lowest BCUT2D eigenvalue weighted by molar-refractivity contribution is 0.290. The molecule has 1 aromatic heterocycles. The summed E-state index contributed by atoms with van der Waals surface area (Å²) in [5.41, 5.74) is 1.92. The van der Waals surface area contributed by atoms with E-state index in [4.69, 9.17) is 4.74 Å². The van der Waals surface area contributed by atoms with Crippen LogP contribution in [0.15, 0.2) is 30.6 Å². The van der Waals surface area contributed by atoms with Crippen LogP contribution in [0.25, 0.3) is 0 Å². The van der Waals surface area contributed by atoms with E-state index in [0.29, 0.717) is 6.61 Å². The highest BCUT2D eigenvalue weighted by Gasteiger charge is 2.04. The molecule has 0 saturated carbocycles. The summed E-state index contributed by atoms with van der Waals surface area (Å²) in [6.07, 6.45) is 3.63. The number of hydrogen-bond donors (Lipinski definition) is 0. The second-order valence-electron chi connectivity index (χ2n) is 3.93. The fraction of sp³-hybridized carbons (Fsp3) is 0.308. The number of nitrogens with zero attached hydrogens (tertiary/aromatic N) is 2. The molecule has 17 heavy (non-hydrogen) atoms. The SMILES string of the molecule is CCn1cc(COc2cc(C)ccc2F)cn1. The molecule has 90 valence electrons. The monoisotopic (exact) mass is 234 g/mol. The van der Waals surface area contributed by atoms with Crippen LogP contribution in [0.5, 0.6) is 5.75 Å². The second kappa shape index (κ2) is 4.99. The normalized spacial score (nSPS) is 10.5. The minimum atomic E-state index is -0.335. The maximum Gasteiger partial charge on any atom is 0.165 e. The van der Waals surface area contributed by atoms with Gasteiger partial charge in [0.1, 0.15) is 6.61 Å². The lowest BCUT2D eigenvalue weighted by Crippen LogP contribution is -1.97. The summed E-state index contributed by atoms with van der Waals surface area (Å²) < 4.78 is 20.6. The van der Waals surface area contributed by atoms with Gasteiger partial charge in [0.2, 0.25) is 0 Å². The first kappa shape index (κ1) is 11.6. The molecule has 0 aliphatic heterocycles. The number of benzene rings is 1. The van der Waals surface area contributed by atoms with Gasteiger partial charge in [0.25, 0.3) is 0 Å². The Morgan fingerprint density at radius 3 is 2.94 bits per heavy atom. The summed E-state index contributed by atoms with van der Waals surface area (Å²) in [7, 11) is 0. The van der Waals surface area contributed by atoms with Gasteiger partial charge >= 0.3 is 0 Å². The second-order valence-corrected chi connectivity index (χ2v) is 3.93. The summed E-state index contributed by atoms with van der Waals surface area (Å²) >= 11 is 0. The van der Waals surface area contributed by atoms with Crippen molar-refractivity contribution in [2.75, 3.05) is 0 Å². The number of aryl methyl sites for hydroxylation is 2. The van der Waals surface area contributed by atoms with Crippen molar-refractivity contribution < 1.29 is 9.13 Å². The Balaban J connectivity index is 2.04. The third-order valence-electron chi connectivity index (χ3n) is 2.49. The zero-order valence-electron chi connectivity index (χ0n) is 9.98. The molecule has 0 atom stereocenters. The van der Waals surface area contributed by atoms with Gasteiger partial charge in [0.15, 0.2) is 11.6 Å². The standard InChI is InChI=1S/C13H15FN2O/c1-3-16-8-11(7-15-16)9-17-13-6-10(2)4-5-12(13)14/h4-8H,3,9H2,1-2H3. The third-order valence-corrected chi connectivity index (χ3v) is 2.49. The van der Waals surface area contributed by atoms with Crippen molar-refractivity contribution in [3.63, 3.8) is 0 Å². The van der Waals surface area contributed by atoms with Crippen molar-refractivity contribution in [2.45, 2.75) is 27.0 Å². The van der Waals surface area contributed by atoms with Crippen LogP contribution in [-0.4, -0.2) is 9.78 Å². The van der Waals surface area contributed by atoms with Crippen molar-refractivity contribution in [1.82, 2.24) is 9.78 Å². The fourth-order valence-electron chi connectivity index (χ4n) is 1.54. The minimum absolute atomic E-state index is 0.286. The van der Waals surface area contributed by atoms with E-state index in [0.717, 1.165) is 17.7 Å². The molecule has 0 unspecified atom stereocenters. The van der Waals surface area contributed by atoms with Gasteiger partial charge < -0.3 is 4.74 Å². The number of halogens is 1. The molecule has 0 fully saturated rings. The average molecular weight is 234 g/mol. The lowest BCUT2D eigenvalue weighted by atomic mass is 10.2. The highest BCUT2D eigenvalue weighted by Crippen LogP contribution is 2.19. The number of rotatable bonds is 4. The molecule has 4 heteroatoms. The van der Waals surface area contributed by atoms with Crippen molar-refractivity contribution in [1.29, 1.82) is 0 Å². The zero-order valence-corrected chi connectivity index (χ0v) is 9.98. The number of ether oxygens (including phenoxy) is 1. The van der Waals surface area contributed by atoms with Crippen LogP contribution in [0.3, 0.4) is 0 Å². The van der Waals surface area contributed by atoms with E-state index in [-0.39, 0.29) is 11.6 Å². The smallest absolute Gasteiger partial charge is 0.165 e. The molecule has 0 radical (unpaired) electrons. The molecule has 0 saturated heterocycles.